The average molecular weight is 586 g/mol. The maximum absolute atomic E-state index is 13.4. The van der Waals surface area contributed by atoms with E-state index in [0.717, 1.165) is 29.7 Å². The second kappa shape index (κ2) is 11.2. The lowest BCUT2D eigenvalue weighted by atomic mass is 9.69. The number of para-hydroxylation sites is 1. The van der Waals surface area contributed by atoms with E-state index >= 15 is 0 Å². The van der Waals surface area contributed by atoms with E-state index in [1.807, 2.05) is 79.2 Å². The van der Waals surface area contributed by atoms with Crippen molar-refractivity contribution in [3.05, 3.63) is 67.1 Å². The number of nitrogens with zero attached hydrogens (tertiary/aromatic N) is 3. The number of rotatable bonds is 8. The molecule has 0 aliphatic heterocycles. The van der Waals surface area contributed by atoms with Crippen molar-refractivity contribution in [3.8, 4) is 22.6 Å². The third kappa shape index (κ3) is 5.61. The third-order valence-corrected chi connectivity index (χ3v) is 8.33. The van der Waals surface area contributed by atoms with Crippen LogP contribution in [0.3, 0.4) is 0 Å². The molecule has 5 rings (SSSR count). The standard InChI is InChI=1S/C33H39N5O5/c1-31(2,3)43-30(41)37-33(29(39)40,22-11-9-10-12-22)32(4,5)38-19-25(26-27(34)35-20-36-28(26)38)21-15-17-24(18-16-21)42-23-13-7-6-8-14-23/h6-8,13-20,22H,9-12H2,1-5H3,(H,37,41)(H,39,40)(H2,34,35,36)/t33-/m0/s1. The number of aliphatic carboxylic acids is 1. The number of nitrogens with two attached hydrogens (primary N) is 1. The molecule has 0 spiro atoms. The van der Waals surface area contributed by atoms with Crippen LogP contribution in [0.15, 0.2) is 67.1 Å². The number of carbonyl (C=O) groups excluding carboxylic acids is 1. The summed E-state index contributed by atoms with van der Waals surface area (Å²) < 4.78 is 13.4. The molecule has 0 unspecified atom stereocenters. The molecule has 1 fully saturated rings. The molecule has 1 aliphatic rings. The zero-order valence-electron chi connectivity index (χ0n) is 25.3. The molecular weight excluding hydrogens is 546 g/mol. The third-order valence-electron chi connectivity index (χ3n) is 8.33. The summed E-state index contributed by atoms with van der Waals surface area (Å²) in [5.74, 6) is 0.169. The van der Waals surface area contributed by atoms with Crippen LogP contribution in [0.1, 0.15) is 60.3 Å². The second-order valence-electron chi connectivity index (χ2n) is 12.6. The van der Waals surface area contributed by atoms with Crippen molar-refractivity contribution in [2.45, 2.75) is 77.0 Å². The van der Waals surface area contributed by atoms with Gasteiger partial charge in [-0.3, -0.25) is 0 Å². The van der Waals surface area contributed by atoms with Crippen molar-refractivity contribution in [3.63, 3.8) is 0 Å². The van der Waals surface area contributed by atoms with Gasteiger partial charge in [-0.1, -0.05) is 43.2 Å². The lowest BCUT2D eigenvalue weighted by Crippen LogP contribution is -2.70. The maximum Gasteiger partial charge on any atom is 0.408 e. The van der Waals surface area contributed by atoms with Crippen LogP contribution in [0.4, 0.5) is 10.6 Å². The van der Waals surface area contributed by atoms with Crippen LogP contribution in [0.2, 0.25) is 0 Å². The molecular formula is C33H39N5O5. The summed E-state index contributed by atoms with van der Waals surface area (Å²) in [6.45, 7) is 8.87. The Morgan fingerprint density at radius 1 is 0.953 bits per heavy atom. The molecule has 43 heavy (non-hydrogen) atoms. The number of hydrogen-bond donors (Lipinski definition) is 3. The number of carboxylic acids is 1. The van der Waals surface area contributed by atoms with Crippen molar-refractivity contribution in [2.75, 3.05) is 5.73 Å². The van der Waals surface area contributed by atoms with E-state index < -0.39 is 28.7 Å². The van der Waals surface area contributed by atoms with Gasteiger partial charge in [-0.25, -0.2) is 19.6 Å². The highest BCUT2D eigenvalue weighted by Crippen LogP contribution is 2.47. The molecule has 0 radical (unpaired) electrons. The predicted octanol–water partition coefficient (Wildman–Crippen LogP) is 6.75. The Morgan fingerprint density at radius 3 is 2.19 bits per heavy atom. The summed E-state index contributed by atoms with van der Waals surface area (Å²) in [5.41, 5.74) is 4.70. The molecule has 4 aromatic rings. The first-order valence-corrected chi connectivity index (χ1v) is 14.5. The first-order chi connectivity index (χ1) is 20.3. The van der Waals surface area contributed by atoms with Gasteiger partial charge >= 0.3 is 12.1 Å². The molecule has 2 aromatic heterocycles. The SMILES string of the molecule is CC(C)(C)OC(=O)N[C@](C(=O)O)(C1CCCC1)C(C)(C)n1cc(-c2ccc(Oc3ccccc3)cc2)c2c(N)ncnc21. The van der Waals surface area contributed by atoms with Crippen LogP contribution < -0.4 is 15.8 Å². The Bertz CT molecular complexity index is 1620. The number of carboxylic acid groups (broad SMARTS) is 1. The molecule has 2 heterocycles. The fraction of sp³-hybridized carbons (Fsp3) is 0.394. The molecule has 1 atom stereocenters. The monoisotopic (exact) mass is 585 g/mol. The minimum atomic E-state index is -1.72. The van der Waals surface area contributed by atoms with E-state index in [4.69, 9.17) is 15.2 Å². The lowest BCUT2D eigenvalue weighted by Gasteiger charge is -2.48. The van der Waals surface area contributed by atoms with Crippen LogP contribution in [0.25, 0.3) is 22.2 Å². The Kier molecular flexibility index (Phi) is 7.81. The molecule has 226 valence electrons. The number of carbonyl (C=O) groups is 2. The molecule has 1 aliphatic carbocycles. The van der Waals surface area contributed by atoms with Crippen LogP contribution >= 0.6 is 0 Å². The lowest BCUT2D eigenvalue weighted by molar-refractivity contribution is -0.153. The highest BCUT2D eigenvalue weighted by Gasteiger charge is 2.60. The van der Waals surface area contributed by atoms with Crippen LogP contribution in [-0.4, -0.2) is 42.8 Å². The van der Waals surface area contributed by atoms with Gasteiger partial charge < -0.3 is 30.2 Å². The van der Waals surface area contributed by atoms with Gasteiger partial charge in [0.2, 0.25) is 0 Å². The summed E-state index contributed by atoms with van der Waals surface area (Å²) in [6.07, 6.45) is 5.48. The van der Waals surface area contributed by atoms with E-state index in [-0.39, 0.29) is 11.7 Å². The molecule has 0 saturated heterocycles. The quantitative estimate of drug-likeness (QED) is 0.206. The molecule has 1 saturated carbocycles. The van der Waals surface area contributed by atoms with E-state index in [1.165, 1.54) is 6.33 Å². The second-order valence-corrected chi connectivity index (χ2v) is 12.6. The largest absolute Gasteiger partial charge is 0.479 e. The summed E-state index contributed by atoms with van der Waals surface area (Å²) in [5, 5.41) is 14.4. The average Bonchev–Trinajstić information content (AvgIpc) is 3.61. The number of nitrogens with one attached hydrogen (secondary N) is 1. The smallest absolute Gasteiger partial charge is 0.408 e. The number of hydrogen-bond acceptors (Lipinski definition) is 7. The first kappa shape index (κ1) is 29.9. The number of alkyl carbamates (subject to hydrolysis) is 1. The van der Waals surface area contributed by atoms with Crippen LogP contribution in [0.5, 0.6) is 11.5 Å². The Labute approximate surface area is 251 Å². The normalized spacial score (nSPS) is 15.7. The van der Waals surface area contributed by atoms with E-state index in [0.29, 0.717) is 29.6 Å². The van der Waals surface area contributed by atoms with Gasteiger partial charge in [0, 0.05) is 11.8 Å². The van der Waals surface area contributed by atoms with Crippen molar-refractivity contribution in [2.24, 2.45) is 5.92 Å². The maximum atomic E-state index is 13.4. The zero-order valence-corrected chi connectivity index (χ0v) is 25.3. The molecule has 0 bridgehead atoms. The van der Waals surface area contributed by atoms with Gasteiger partial charge in [0.25, 0.3) is 0 Å². The van der Waals surface area contributed by atoms with E-state index in [9.17, 15) is 14.7 Å². The predicted molar refractivity (Wildman–Crippen MR) is 165 cm³/mol. The molecule has 4 N–H and O–H groups in total. The fourth-order valence-electron chi connectivity index (χ4n) is 6.32. The van der Waals surface area contributed by atoms with Gasteiger partial charge in [-0.15, -0.1) is 0 Å². The van der Waals surface area contributed by atoms with Crippen LogP contribution in [-0.2, 0) is 15.1 Å². The summed E-state index contributed by atoms with van der Waals surface area (Å²) in [4.78, 5) is 35.5. The topological polar surface area (TPSA) is 142 Å². The van der Waals surface area contributed by atoms with Gasteiger partial charge in [0.15, 0.2) is 5.54 Å². The van der Waals surface area contributed by atoms with E-state index in [1.54, 1.807) is 20.8 Å². The summed E-state index contributed by atoms with van der Waals surface area (Å²) in [6, 6.07) is 17.1. The number of fused-ring (bicyclic) bond motifs is 1. The highest BCUT2D eigenvalue weighted by molar-refractivity contribution is 6.01. The van der Waals surface area contributed by atoms with Gasteiger partial charge in [-0.05, 0) is 83.2 Å². The Balaban J connectivity index is 1.63. The van der Waals surface area contributed by atoms with Crippen molar-refractivity contribution >= 4 is 28.9 Å². The number of ether oxygens (including phenoxy) is 2. The number of nitrogen functional groups attached to an aromatic ring is 1. The van der Waals surface area contributed by atoms with Gasteiger partial charge in [-0.2, -0.15) is 0 Å². The number of aromatic nitrogens is 3. The van der Waals surface area contributed by atoms with Crippen LogP contribution in [0, 0.1) is 5.92 Å². The molecule has 10 heteroatoms. The summed E-state index contributed by atoms with van der Waals surface area (Å²) >= 11 is 0. The fourth-order valence-corrected chi connectivity index (χ4v) is 6.32. The van der Waals surface area contributed by atoms with Crippen molar-refractivity contribution < 1.29 is 24.2 Å². The van der Waals surface area contributed by atoms with E-state index in [2.05, 4.69) is 15.3 Å². The van der Waals surface area contributed by atoms with Gasteiger partial charge in [0.05, 0.1) is 10.9 Å². The van der Waals surface area contributed by atoms with Gasteiger partial charge in [0.1, 0.15) is 34.9 Å². The Morgan fingerprint density at radius 2 is 1.58 bits per heavy atom. The molecule has 2 aromatic carbocycles. The highest BCUT2D eigenvalue weighted by atomic mass is 16.6. The summed E-state index contributed by atoms with van der Waals surface area (Å²) in [7, 11) is 0. The number of anilines is 1. The number of benzene rings is 2. The van der Waals surface area contributed by atoms with Crippen molar-refractivity contribution in [1.82, 2.24) is 19.9 Å². The van der Waals surface area contributed by atoms with Crippen molar-refractivity contribution in [1.29, 1.82) is 0 Å². The minimum absolute atomic E-state index is 0.265. The molecule has 10 nitrogen and oxygen atoms in total. The minimum Gasteiger partial charge on any atom is -0.479 e. The Hall–Kier alpha value is -4.60. The zero-order chi connectivity index (χ0) is 31.0. The number of amides is 1. The first-order valence-electron chi connectivity index (χ1n) is 14.5. The molecule has 1 amide bonds.